The highest BCUT2D eigenvalue weighted by molar-refractivity contribution is 7.98. The van der Waals surface area contributed by atoms with Crippen LogP contribution in [0.3, 0.4) is 0 Å². The van der Waals surface area contributed by atoms with Gasteiger partial charge in [0.1, 0.15) is 5.75 Å². The Morgan fingerprint density at radius 1 is 1.21 bits per heavy atom. The van der Waals surface area contributed by atoms with E-state index in [9.17, 15) is 4.79 Å². The number of thioether (sulfide) groups is 1. The molecular weight excluding hydrogens is 454 g/mol. The van der Waals surface area contributed by atoms with E-state index in [0.717, 1.165) is 71.7 Å². The first kappa shape index (κ1) is 24.0. The number of fused-ring (bicyclic) bond motifs is 1. The van der Waals surface area contributed by atoms with Crippen molar-refractivity contribution in [3.05, 3.63) is 48.0 Å². The maximum atomic E-state index is 13.6. The predicted octanol–water partition coefficient (Wildman–Crippen LogP) is 5.18. The highest BCUT2D eigenvalue weighted by Crippen LogP contribution is 2.34. The van der Waals surface area contributed by atoms with Gasteiger partial charge in [0.25, 0.3) is 5.91 Å². The van der Waals surface area contributed by atoms with Gasteiger partial charge < -0.3 is 9.47 Å². The van der Waals surface area contributed by atoms with E-state index in [1.165, 1.54) is 0 Å². The van der Waals surface area contributed by atoms with Crippen LogP contribution in [0.2, 0.25) is 0 Å². The number of ether oxygens (including phenoxy) is 2. The fourth-order valence-electron chi connectivity index (χ4n) is 3.73. The minimum absolute atomic E-state index is 0.0341. The summed E-state index contributed by atoms with van der Waals surface area (Å²) < 4.78 is 12.3. The molecule has 33 heavy (non-hydrogen) atoms. The highest BCUT2D eigenvalue weighted by Gasteiger charge is 2.23. The summed E-state index contributed by atoms with van der Waals surface area (Å²) in [6, 6.07) is 13.7. The summed E-state index contributed by atoms with van der Waals surface area (Å²) in [4.78, 5) is 23.8. The summed E-state index contributed by atoms with van der Waals surface area (Å²) in [6.07, 6.45) is 4.17. The van der Waals surface area contributed by atoms with Gasteiger partial charge >= 0.3 is 0 Å². The fraction of sp³-hybridized carbons (Fsp3) is 0.440. The number of hydrogen-bond donors (Lipinski definition) is 0. The van der Waals surface area contributed by atoms with Gasteiger partial charge in [-0.3, -0.25) is 14.6 Å². The first-order valence-electron chi connectivity index (χ1n) is 11.5. The van der Waals surface area contributed by atoms with Gasteiger partial charge in [-0.25, -0.2) is 4.98 Å². The van der Waals surface area contributed by atoms with Crippen molar-refractivity contribution in [2.45, 2.75) is 24.7 Å². The maximum absolute atomic E-state index is 13.6. The Balaban J connectivity index is 1.57. The number of carbonyl (C=O) groups is 1. The molecule has 0 bridgehead atoms. The zero-order chi connectivity index (χ0) is 23.0. The van der Waals surface area contributed by atoms with E-state index in [4.69, 9.17) is 14.5 Å². The van der Waals surface area contributed by atoms with Gasteiger partial charge in [0.2, 0.25) is 0 Å². The number of aromatic nitrogens is 1. The van der Waals surface area contributed by atoms with Crippen LogP contribution < -0.4 is 9.64 Å². The third-order valence-corrected chi connectivity index (χ3v) is 7.49. The van der Waals surface area contributed by atoms with Gasteiger partial charge in [-0.15, -0.1) is 11.8 Å². The van der Waals surface area contributed by atoms with Gasteiger partial charge in [0, 0.05) is 36.6 Å². The summed E-state index contributed by atoms with van der Waals surface area (Å²) >= 11 is 3.25. The largest absolute Gasteiger partial charge is 0.494 e. The number of hydrogen-bond acceptors (Lipinski definition) is 7. The number of nitrogens with zero attached hydrogens (tertiary/aromatic N) is 3. The van der Waals surface area contributed by atoms with Crippen LogP contribution in [-0.4, -0.2) is 68.0 Å². The molecule has 3 aromatic rings. The molecule has 6 nitrogen and oxygen atoms in total. The summed E-state index contributed by atoms with van der Waals surface area (Å²) in [6.45, 7) is 7.47. The Bertz CT molecular complexity index is 1050. The molecule has 176 valence electrons. The molecule has 4 rings (SSSR count). The predicted molar refractivity (Wildman–Crippen MR) is 137 cm³/mol. The van der Waals surface area contributed by atoms with E-state index in [0.29, 0.717) is 18.7 Å². The molecule has 0 spiro atoms. The van der Waals surface area contributed by atoms with Crippen molar-refractivity contribution in [2.75, 3.05) is 57.2 Å². The molecule has 0 radical (unpaired) electrons. The summed E-state index contributed by atoms with van der Waals surface area (Å²) in [5.41, 5.74) is 1.61. The van der Waals surface area contributed by atoms with Gasteiger partial charge in [-0.05, 0) is 49.1 Å². The lowest BCUT2D eigenvalue weighted by molar-refractivity contribution is 0.0391. The van der Waals surface area contributed by atoms with Gasteiger partial charge in [0.05, 0.1) is 30.0 Å². The average molecular weight is 486 g/mol. The molecule has 2 heterocycles. The Kier molecular flexibility index (Phi) is 8.61. The van der Waals surface area contributed by atoms with Gasteiger partial charge in [-0.1, -0.05) is 30.7 Å². The number of carbonyl (C=O) groups excluding carboxylic acids is 1. The van der Waals surface area contributed by atoms with Crippen molar-refractivity contribution in [3.63, 3.8) is 0 Å². The molecule has 1 amide bonds. The Morgan fingerprint density at radius 3 is 2.73 bits per heavy atom. The SMILES string of the molecule is CCCCOc1ccc(C(=O)N(CCN2CCOCC2)c2nc3c(SC)cccc3s2)cc1. The molecule has 1 aromatic heterocycles. The quantitative estimate of drug-likeness (QED) is 0.291. The van der Waals surface area contributed by atoms with E-state index >= 15 is 0 Å². The van der Waals surface area contributed by atoms with Crippen molar-refractivity contribution in [2.24, 2.45) is 0 Å². The molecule has 0 aliphatic carbocycles. The minimum atomic E-state index is -0.0341. The third-order valence-electron chi connectivity index (χ3n) is 5.68. The molecule has 0 saturated carbocycles. The van der Waals surface area contributed by atoms with Crippen molar-refractivity contribution >= 4 is 44.4 Å². The lowest BCUT2D eigenvalue weighted by Gasteiger charge is -2.29. The molecule has 0 unspecified atom stereocenters. The first-order chi connectivity index (χ1) is 16.2. The Hall–Kier alpha value is -2.13. The molecule has 1 aliphatic heterocycles. The third kappa shape index (κ3) is 6.06. The number of rotatable bonds is 10. The molecular formula is C25H31N3O3S2. The van der Waals surface area contributed by atoms with E-state index < -0.39 is 0 Å². The van der Waals surface area contributed by atoms with Gasteiger partial charge in [-0.2, -0.15) is 0 Å². The summed E-state index contributed by atoms with van der Waals surface area (Å²) in [5, 5.41) is 0.744. The number of thiazole rings is 1. The average Bonchev–Trinajstić information content (AvgIpc) is 3.29. The normalized spacial score (nSPS) is 14.5. The minimum Gasteiger partial charge on any atom is -0.494 e. The summed E-state index contributed by atoms with van der Waals surface area (Å²) in [7, 11) is 0. The van der Waals surface area contributed by atoms with Crippen molar-refractivity contribution in [1.29, 1.82) is 0 Å². The molecule has 0 N–H and O–H groups in total. The van der Waals surface area contributed by atoms with E-state index in [2.05, 4.69) is 30.2 Å². The van der Waals surface area contributed by atoms with Gasteiger partial charge in [0.15, 0.2) is 5.13 Å². The summed E-state index contributed by atoms with van der Waals surface area (Å²) in [5.74, 6) is 0.762. The standard InChI is InChI=1S/C25H31N3O3S2/c1-3-4-16-31-20-10-8-19(9-11-20)24(29)28(13-12-27-14-17-30-18-15-27)25-26-23-21(32-2)6-5-7-22(23)33-25/h5-11H,3-4,12-18H2,1-2H3. The smallest absolute Gasteiger partial charge is 0.260 e. The van der Waals surface area contributed by atoms with Crippen LogP contribution in [0.1, 0.15) is 30.1 Å². The molecule has 1 aliphatic rings. The van der Waals surface area contributed by atoms with Crippen molar-refractivity contribution < 1.29 is 14.3 Å². The van der Waals surface area contributed by atoms with Crippen LogP contribution in [0.4, 0.5) is 5.13 Å². The number of benzene rings is 2. The Labute approximate surface area is 203 Å². The second-order valence-electron chi connectivity index (χ2n) is 7.94. The van der Waals surface area contributed by atoms with Crippen LogP contribution in [0.5, 0.6) is 5.75 Å². The lowest BCUT2D eigenvalue weighted by atomic mass is 10.2. The van der Waals surface area contributed by atoms with Crippen LogP contribution >= 0.6 is 23.1 Å². The topological polar surface area (TPSA) is 54.9 Å². The second kappa shape index (κ2) is 11.8. The number of unbranched alkanes of at least 4 members (excludes halogenated alkanes) is 1. The fourth-order valence-corrected chi connectivity index (χ4v) is 5.37. The number of para-hydroxylation sites is 1. The monoisotopic (exact) mass is 485 g/mol. The van der Waals surface area contributed by atoms with E-state index in [1.807, 2.05) is 35.2 Å². The molecule has 2 aromatic carbocycles. The molecule has 1 fully saturated rings. The zero-order valence-electron chi connectivity index (χ0n) is 19.3. The second-order valence-corrected chi connectivity index (χ2v) is 9.80. The maximum Gasteiger partial charge on any atom is 0.260 e. The number of anilines is 1. The van der Waals surface area contributed by atoms with E-state index in [-0.39, 0.29) is 5.91 Å². The molecule has 0 atom stereocenters. The van der Waals surface area contributed by atoms with E-state index in [1.54, 1.807) is 23.1 Å². The first-order valence-corrected chi connectivity index (χ1v) is 13.5. The zero-order valence-corrected chi connectivity index (χ0v) is 20.9. The van der Waals surface area contributed by atoms with Crippen molar-refractivity contribution in [3.8, 4) is 5.75 Å². The molecule has 1 saturated heterocycles. The van der Waals surface area contributed by atoms with Crippen LogP contribution in [0.25, 0.3) is 10.2 Å². The number of amides is 1. The van der Waals surface area contributed by atoms with Crippen LogP contribution in [-0.2, 0) is 4.74 Å². The van der Waals surface area contributed by atoms with Crippen LogP contribution in [0.15, 0.2) is 47.4 Å². The van der Waals surface area contributed by atoms with Crippen LogP contribution in [0, 0.1) is 0 Å². The lowest BCUT2D eigenvalue weighted by Crippen LogP contribution is -2.43. The highest BCUT2D eigenvalue weighted by atomic mass is 32.2. The van der Waals surface area contributed by atoms with Crippen molar-refractivity contribution in [1.82, 2.24) is 9.88 Å². The number of morpholine rings is 1. The Morgan fingerprint density at radius 2 is 2.00 bits per heavy atom. The molecule has 8 heteroatoms.